The van der Waals surface area contributed by atoms with E-state index in [1.54, 1.807) is 20.8 Å². The van der Waals surface area contributed by atoms with Crippen molar-refractivity contribution in [1.82, 2.24) is 5.32 Å². The smallest absolute Gasteiger partial charge is 0.413 e. The van der Waals surface area contributed by atoms with E-state index < -0.39 is 55.6 Å². The fourth-order valence-corrected chi connectivity index (χ4v) is 6.16. The number of methoxy groups -OCH3 is 1. The first-order chi connectivity index (χ1) is 15.0. The fourth-order valence-electron chi connectivity index (χ4n) is 3.78. The lowest BCUT2D eigenvalue weighted by Crippen LogP contribution is -2.64. The molecule has 1 aliphatic heterocycles. The molecule has 9 nitrogen and oxygen atoms in total. The zero-order valence-electron chi connectivity index (χ0n) is 20.0. The number of halogens is 1. The number of ether oxygens (including phenoxy) is 2. The van der Waals surface area contributed by atoms with Gasteiger partial charge in [-0.15, -0.1) is 0 Å². The number of aliphatic hydroxyl groups excluding tert-OH is 2. The van der Waals surface area contributed by atoms with Crippen LogP contribution in [0.5, 0.6) is 5.75 Å². The van der Waals surface area contributed by atoms with E-state index in [1.807, 2.05) is 0 Å². The second kappa shape index (κ2) is 9.19. The van der Waals surface area contributed by atoms with Crippen molar-refractivity contribution in [3.05, 3.63) is 29.6 Å². The molecule has 0 saturated heterocycles. The maximum atomic E-state index is 15.1. The zero-order valence-corrected chi connectivity index (χ0v) is 20.8. The van der Waals surface area contributed by atoms with E-state index >= 15 is 4.39 Å². The number of amides is 1. The Morgan fingerprint density at radius 1 is 1.33 bits per heavy atom. The van der Waals surface area contributed by atoms with Crippen molar-refractivity contribution < 1.29 is 37.3 Å². The third kappa shape index (κ3) is 5.15. The summed E-state index contributed by atoms with van der Waals surface area (Å²) in [6.07, 6.45) is -2.38. The first-order valence-electron chi connectivity index (χ1n) is 10.5. The molecule has 0 radical (unpaired) electrons. The predicted molar refractivity (Wildman–Crippen MR) is 122 cm³/mol. The van der Waals surface area contributed by atoms with Gasteiger partial charge in [0.05, 0.1) is 25.1 Å². The summed E-state index contributed by atoms with van der Waals surface area (Å²) in [6, 6.07) is 3.68. The number of alkyl carbamates (subject to hydrolysis) is 1. The normalized spacial score (nSPS) is 25.0. The molecule has 1 aliphatic rings. The minimum Gasteiger partial charge on any atom is -0.497 e. The highest BCUT2D eigenvalue weighted by atomic mass is 32.2. The van der Waals surface area contributed by atoms with Gasteiger partial charge in [-0.3, -0.25) is 10.3 Å². The average molecular weight is 489 g/mol. The average Bonchev–Trinajstić information content (AvgIpc) is 2.67. The van der Waals surface area contributed by atoms with Crippen molar-refractivity contribution in [1.29, 1.82) is 0 Å². The molecule has 0 aromatic heterocycles. The summed E-state index contributed by atoms with van der Waals surface area (Å²) in [4.78, 5) is 16.9. The van der Waals surface area contributed by atoms with Gasteiger partial charge in [0.15, 0.2) is 9.84 Å². The largest absolute Gasteiger partial charge is 0.497 e. The topological polar surface area (TPSA) is 135 Å². The van der Waals surface area contributed by atoms with Gasteiger partial charge in [0.1, 0.15) is 33.3 Å². The standard InChI is InChI=1S/C22H33FN2O7S/c1-13(27)10-17-22(12-26,15-11-14(31-7)8-9-16(15)23)25-18(21(5,6)33(17,29)30)24-19(28)32-20(2,3)4/h8-9,11,13,17,26-27H,10,12H2,1-7H3,(H,24,25,28)/t13-,17-,22-/m1/s1. The third-order valence-corrected chi connectivity index (χ3v) is 8.50. The molecule has 1 heterocycles. The second-order valence-corrected chi connectivity index (χ2v) is 12.3. The van der Waals surface area contributed by atoms with Crippen molar-refractivity contribution in [3.63, 3.8) is 0 Å². The van der Waals surface area contributed by atoms with Gasteiger partial charge in [-0.2, -0.15) is 0 Å². The number of aliphatic imine (C=N–C) groups is 1. The number of aliphatic hydroxyl groups is 2. The van der Waals surface area contributed by atoms with E-state index in [0.29, 0.717) is 0 Å². The molecule has 0 saturated carbocycles. The quantitative estimate of drug-likeness (QED) is 0.579. The Morgan fingerprint density at radius 3 is 2.42 bits per heavy atom. The van der Waals surface area contributed by atoms with E-state index in [1.165, 1.54) is 40.0 Å². The van der Waals surface area contributed by atoms with E-state index in [-0.39, 0.29) is 23.6 Å². The molecule has 0 fully saturated rings. The van der Waals surface area contributed by atoms with Crippen molar-refractivity contribution >= 4 is 21.8 Å². The summed E-state index contributed by atoms with van der Waals surface area (Å²) in [5.41, 5.74) is -3.17. The van der Waals surface area contributed by atoms with Crippen molar-refractivity contribution in [2.45, 2.75) is 75.2 Å². The van der Waals surface area contributed by atoms with Crippen LogP contribution in [0.3, 0.4) is 0 Å². The Kier molecular flexibility index (Phi) is 7.52. The van der Waals surface area contributed by atoms with Crippen molar-refractivity contribution in [2.24, 2.45) is 4.99 Å². The van der Waals surface area contributed by atoms with Gasteiger partial charge in [-0.1, -0.05) is 0 Å². The van der Waals surface area contributed by atoms with Gasteiger partial charge >= 0.3 is 6.09 Å². The van der Waals surface area contributed by atoms with Crippen LogP contribution in [0.1, 0.15) is 53.5 Å². The van der Waals surface area contributed by atoms with Crippen molar-refractivity contribution in [2.75, 3.05) is 13.7 Å². The number of carbonyl (C=O) groups excluding carboxylic acids is 1. The first kappa shape index (κ1) is 27.0. The molecule has 3 N–H and O–H groups in total. The lowest BCUT2D eigenvalue weighted by Gasteiger charge is -2.46. The van der Waals surface area contributed by atoms with Crippen LogP contribution < -0.4 is 10.1 Å². The Bertz CT molecular complexity index is 1030. The molecule has 1 aromatic rings. The molecule has 2 rings (SSSR count). The number of hydrogen-bond acceptors (Lipinski definition) is 8. The maximum absolute atomic E-state index is 15.1. The van der Waals surface area contributed by atoms with Gasteiger partial charge in [-0.05, 0) is 66.2 Å². The zero-order chi connectivity index (χ0) is 25.4. The van der Waals surface area contributed by atoms with Gasteiger partial charge in [0, 0.05) is 5.56 Å². The molecule has 1 aromatic carbocycles. The van der Waals surface area contributed by atoms with Crippen LogP contribution in [-0.4, -0.2) is 66.0 Å². The Hall–Kier alpha value is -2.24. The van der Waals surface area contributed by atoms with Crippen LogP contribution in [0.25, 0.3) is 0 Å². The minimum atomic E-state index is -4.27. The number of benzene rings is 1. The summed E-state index contributed by atoms with van der Waals surface area (Å²) in [5, 5.41) is 21.5. The monoisotopic (exact) mass is 488 g/mol. The number of hydrogen-bond donors (Lipinski definition) is 3. The molecule has 0 spiro atoms. The maximum Gasteiger partial charge on any atom is 0.413 e. The number of rotatable bonds is 5. The summed E-state index contributed by atoms with van der Waals surface area (Å²) in [5.74, 6) is -0.917. The lowest BCUT2D eigenvalue weighted by molar-refractivity contribution is 0.0559. The SMILES string of the molecule is COc1ccc(F)c([C@@]2(CO)N=C(NC(=O)OC(C)(C)C)C(C)(C)S(=O)(=O)[C@@H]2C[C@@H](C)O)c1. The van der Waals surface area contributed by atoms with Crippen LogP contribution in [0.15, 0.2) is 23.2 Å². The Balaban J connectivity index is 2.85. The summed E-state index contributed by atoms with van der Waals surface area (Å²) in [7, 11) is -2.91. The van der Waals surface area contributed by atoms with Crippen LogP contribution in [0.4, 0.5) is 9.18 Å². The second-order valence-electron chi connectivity index (χ2n) is 9.64. The number of carbonyl (C=O) groups is 1. The highest BCUT2D eigenvalue weighted by molar-refractivity contribution is 7.94. The van der Waals surface area contributed by atoms with E-state index in [4.69, 9.17) is 9.47 Å². The molecular formula is C22H33FN2O7S. The van der Waals surface area contributed by atoms with Crippen molar-refractivity contribution in [3.8, 4) is 5.75 Å². The predicted octanol–water partition coefficient (Wildman–Crippen LogP) is 2.29. The number of nitrogens with one attached hydrogen (secondary N) is 1. The van der Waals surface area contributed by atoms with Gasteiger partial charge in [0.25, 0.3) is 0 Å². The third-order valence-electron chi connectivity index (χ3n) is 5.56. The van der Waals surface area contributed by atoms with E-state index in [2.05, 4.69) is 10.3 Å². The molecule has 0 aliphatic carbocycles. The Labute approximate surface area is 193 Å². The first-order valence-corrected chi connectivity index (χ1v) is 12.0. The van der Waals surface area contributed by atoms with Gasteiger partial charge < -0.3 is 19.7 Å². The Morgan fingerprint density at radius 2 is 1.94 bits per heavy atom. The van der Waals surface area contributed by atoms with Gasteiger partial charge in [0.2, 0.25) is 0 Å². The lowest BCUT2D eigenvalue weighted by atomic mass is 9.84. The summed E-state index contributed by atoms with van der Waals surface area (Å²) >= 11 is 0. The molecular weight excluding hydrogens is 455 g/mol. The fraction of sp³-hybridized carbons (Fsp3) is 0.636. The van der Waals surface area contributed by atoms with Crippen LogP contribution in [0.2, 0.25) is 0 Å². The molecule has 33 heavy (non-hydrogen) atoms. The van der Waals surface area contributed by atoms with Crippen LogP contribution in [-0.2, 0) is 20.1 Å². The van der Waals surface area contributed by atoms with Crippen LogP contribution in [0, 0.1) is 5.82 Å². The number of nitrogens with zero attached hydrogens (tertiary/aromatic N) is 1. The number of sulfone groups is 1. The minimum absolute atomic E-state index is 0.217. The molecule has 3 atom stereocenters. The molecule has 186 valence electrons. The molecule has 0 unspecified atom stereocenters. The molecule has 1 amide bonds. The summed E-state index contributed by atoms with van der Waals surface area (Å²) < 4.78 is 51.4. The highest BCUT2D eigenvalue weighted by Gasteiger charge is 2.60. The number of amidine groups is 1. The molecule has 11 heteroatoms. The molecule has 0 bridgehead atoms. The van der Waals surface area contributed by atoms with E-state index in [0.717, 1.165) is 6.07 Å². The van der Waals surface area contributed by atoms with Crippen LogP contribution >= 0.6 is 0 Å². The summed E-state index contributed by atoms with van der Waals surface area (Å²) in [6.45, 7) is 8.08. The highest BCUT2D eigenvalue weighted by Crippen LogP contribution is 2.46. The van der Waals surface area contributed by atoms with Gasteiger partial charge in [-0.25, -0.2) is 17.6 Å². The van der Waals surface area contributed by atoms with E-state index in [9.17, 15) is 23.4 Å².